The molecule has 2 rings (SSSR count). The molecule has 112 valence electrons. The summed E-state index contributed by atoms with van der Waals surface area (Å²) < 4.78 is 6.68. The number of hydrogen-bond donors (Lipinski definition) is 1. The van der Waals surface area contributed by atoms with E-state index in [0.29, 0.717) is 11.6 Å². The fraction of sp³-hybridized carbons (Fsp3) is 0.294. The molecule has 0 heterocycles. The molecule has 0 aliphatic carbocycles. The van der Waals surface area contributed by atoms with Crippen molar-refractivity contribution in [2.45, 2.75) is 26.3 Å². The van der Waals surface area contributed by atoms with Crippen LogP contribution in [0.4, 0.5) is 5.69 Å². The quantitative estimate of drug-likeness (QED) is 0.668. The highest BCUT2D eigenvalue weighted by atomic mass is 79.9. The molecule has 0 radical (unpaired) electrons. The molecule has 0 aliphatic heterocycles. The lowest BCUT2D eigenvalue weighted by Gasteiger charge is -2.18. The monoisotopic (exact) mass is 367 g/mol. The molecule has 1 atom stereocenters. The summed E-state index contributed by atoms with van der Waals surface area (Å²) in [6.45, 7) is 4.87. The van der Waals surface area contributed by atoms with E-state index in [0.717, 1.165) is 22.3 Å². The summed E-state index contributed by atoms with van der Waals surface area (Å²) in [5.74, 6) is 0.734. The Hall–Kier alpha value is -1.19. The molecule has 0 spiro atoms. The van der Waals surface area contributed by atoms with Gasteiger partial charge in [0.25, 0.3) is 0 Å². The van der Waals surface area contributed by atoms with Crippen LogP contribution in [-0.2, 0) is 0 Å². The van der Waals surface area contributed by atoms with E-state index in [1.165, 1.54) is 5.56 Å². The zero-order valence-electron chi connectivity index (χ0n) is 12.2. The van der Waals surface area contributed by atoms with Crippen molar-refractivity contribution in [3.05, 3.63) is 57.5 Å². The van der Waals surface area contributed by atoms with Crippen molar-refractivity contribution < 1.29 is 4.74 Å². The highest BCUT2D eigenvalue weighted by Gasteiger charge is 2.10. The van der Waals surface area contributed by atoms with Crippen LogP contribution in [0.5, 0.6) is 5.75 Å². The molecule has 0 saturated carbocycles. The van der Waals surface area contributed by atoms with Gasteiger partial charge in [0, 0.05) is 16.2 Å². The number of rotatable bonds is 6. The summed E-state index contributed by atoms with van der Waals surface area (Å²) in [6.07, 6.45) is 0.968. The van der Waals surface area contributed by atoms with Gasteiger partial charge in [0.2, 0.25) is 0 Å². The average molecular weight is 369 g/mol. The van der Waals surface area contributed by atoms with Crippen LogP contribution in [0.2, 0.25) is 5.02 Å². The van der Waals surface area contributed by atoms with Crippen LogP contribution in [0.3, 0.4) is 0 Å². The van der Waals surface area contributed by atoms with E-state index in [9.17, 15) is 0 Å². The second-order valence-electron chi connectivity index (χ2n) is 4.88. The van der Waals surface area contributed by atoms with E-state index in [1.54, 1.807) is 0 Å². The molecule has 0 bridgehead atoms. The summed E-state index contributed by atoms with van der Waals surface area (Å²) in [5, 5.41) is 4.09. The van der Waals surface area contributed by atoms with Gasteiger partial charge in [-0.3, -0.25) is 0 Å². The van der Waals surface area contributed by atoms with E-state index in [4.69, 9.17) is 16.3 Å². The Bertz CT molecular complexity index is 603. The molecule has 2 aromatic carbocycles. The molecule has 21 heavy (non-hydrogen) atoms. The van der Waals surface area contributed by atoms with Crippen LogP contribution >= 0.6 is 27.5 Å². The second-order valence-corrected chi connectivity index (χ2v) is 6.14. The number of anilines is 1. The van der Waals surface area contributed by atoms with Crippen LogP contribution in [-0.4, -0.2) is 6.61 Å². The first-order valence-electron chi connectivity index (χ1n) is 7.05. The van der Waals surface area contributed by atoms with Crippen molar-refractivity contribution in [1.29, 1.82) is 0 Å². The van der Waals surface area contributed by atoms with Gasteiger partial charge in [0.15, 0.2) is 0 Å². The highest BCUT2D eigenvalue weighted by Crippen LogP contribution is 2.31. The first kappa shape index (κ1) is 16.2. The van der Waals surface area contributed by atoms with Crippen molar-refractivity contribution in [3.63, 3.8) is 0 Å². The van der Waals surface area contributed by atoms with Gasteiger partial charge in [-0.15, -0.1) is 0 Å². The molecule has 2 aromatic rings. The lowest BCUT2D eigenvalue weighted by molar-refractivity contribution is 0.317. The molecule has 4 heteroatoms. The lowest BCUT2D eigenvalue weighted by atomic mass is 10.1. The summed E-state index contributed by atoms with van der Waals surface area (Å²) in [4.78, 5) is 0. The summed E-state index contributed by atoms with van der Waals surface area (Å²) in [6, 6.07) is 14.2. The maximum absolute atomic E-state index is 6.25. The Morgan fingerprint density at radius 1 is 1.24 bits per heavy atom. The molecular formula is C17H19BrClNO. The maximum atomic E-state index is 6.25. The van der Waals surface area contributed by atoms with Crippen molar-refractivity contribution in [1.82, 2.24) is 0 Å². The molecule has 0 aromatic heterocycles. The summed E-state index contributed by atoms with van der Waals surface area (Å²) in [7, 11) is 0. The minimum absolute atomic E-state index is 0.180. The normalized spacial score (nSPS) is 12.0. The first-order chi connectivity index (χ1) is 10.1. The average Bonchev–Trinajstić information content (AvgIpc) is 2.47. The van der Waals surface area contributed by atoms with Gasteiger partial charge in [0.05, 0.1) is 11.6 Å². The Balaban J connectivity index is 2.09. The van der Waals surface area contributed by atoms with Gasteiger partial charge in [-0.25, -0.2) is 0 Å². The topological polar surface area (TPSA) is 21.3 Å². The lowest BCUT2D eigenvalue weighted by Crippen LogP contribution is -2.07. The Labute approximate surface area is 139 Å². The van der Waals surface area contributed by atoms with Crippen LogP contribution in [0.15, 0.2) is 46.9 Å². The second kappa shape index (κ2) is 7.71. The zero-order chi connectivity index (χ0) is 15.2. The van der Waals surface area contributed by atoms with Crippen molar-refractivity contribution in [2.75, 3.05) is 11.9 Å². The smallest absolute Gasteiger partial charge is 0.138 e. The van der Waals surface area contributed by atoms with Crippen LogP contribution in [0.1, 0.15) is 31.9 Å². The van der Waals surface area contributed by atoms with Crippen LogP contribution in [0.25, 0.3) is 0 Å². The fourth-order valence-corrected chi connectivity index (χ4v) is 2.94. The summed E-state index contributed by atoms with van der Waals surface area (Å²) >= 11 is 9.83. The van der Waals surface area contributed by atoms with E-state index >= 15 is 0 Å². The van der Waals surface area contributed by atoms with Gasteiger partial charge in [-0.05, 0) is 43.2 Å². The number of hydrogen-bond acceptors (Lipinski definition) is 2. The third-order valence-electron chi connectivity index (χ3n) is 3.15. The van der Waals surface area contributed by atoms with Gasteiger partial charge in [0.1, 0.15) is 5.75 Å². The largest absolute Gasteiger partial charge is 0.492 e. The molecule has 0 aliphatic rings. The first-order valence-corrected chi connectivity index (χ1v) is 8.22. The molecular weight excluding hydrogens is 350 g/mol. The highest BCUT2D eigenvalue weighted by molar-refractivity contribution is 9.10. The molecule has 2 nitrogen and oxygen atoms in total. The fourth-order valence-electron chi connectivity index (χ4n) is 2.07. The number of ether oxygens (including phenoxy) is 1. The summed E-state index contributed by atoms with van der Waals surface area (Å²) in [5.41, 5.74) is 2.19. The van der Waals surface area contributed by atoms with Gasteiger partial charge in [-0.2, -0.15) is 0 Å². The van der Waals surface area contributed by atoms with Gasteiger partial charge >= 0.3 is 0 Å². The van der Waals surface area contributed by atoms with Gasteiger partial charge < -0.3 is 10.1 Å². The predicted octanol–water partition coefficient (Wildman–Crippen LogP) is 6.06. The Morgan fingerprint density at radius 2 is 2.00 bits per heavy atom. The van der Waals surface area contributed by atoms with Crippen LogP contribution < -0.4 is 10.1 Å². The van der Waals surface area contributed by atoms with Crippen molar-refractivity contribution in [3.8, 4) is 5.75 Å². The van der Waals surface area contributed by atoms with Gasteiger partial charge in [-0.1, -0.05) is 52.7 Å². The molecule has 0 amide bonds. The standard InChI is InChI=1S/C17H19BrClNO/c1-3-10-21-17-9-8-13(11-16(17)19)20-12(2)14-6-4-5-7-15(14)18/h4-9,11-12,20H,3,10H2,1-2H3. The van der Waals surface area contributed by atoms with Crippen molar-refractivity contribution >= 4 is 33.2 Å². The van der Waals surface area contributed by atoms with Crippen LogP contribution in [0, 0.1) is 0 Å². The Morgan fingerprint density at radius 3 is 2.67 bits per heavy atom. The third kappa shape index (κ3) is 4.39. The maximum Gasteiger partial charge on any atom is 0.138 e. The van der Waals surface area contributed by atoms with E-state index in [1.807, 2.05) is 36.4 Å². The minimum Gasteiger partial charge on any atom is -0.492 e. The molecule has 0 saturated heterocycles. The van der Waals surface area contributed by atoms with E-state index < -0.39 is 0 Å². The number of benzene rings is 2. The van der Waals surface area contributed by atoms with E-state index in [2.05, 4.69) is 41.2 Å². The van der Waals surface area contributed by atoms with Crippen molar-refractivity contribution in [2.24, 2.45) is 0 Å². The molecule has 0 fully saturated rings. The zero-order valence-corrected chi connectivity index (χ0v) is 14.5. The predicted molar refractivity (Wildman–Crippen MR) is 93.4 cm³/mol. The molecule has 1 N–H and O–H groups in total. The minimum atomic E-state index is 0.180. The molecule has 1 unspecified atom stereocenters. The SMILES string of the molecule is CCCOc1ccc(NC(C)c2ccccc2Br)cc1Cl. The Kier molecular flexibility index (Phi) is 5.95. The number of halogens is 2. The third-order valence-corrected chi connectivity index (χ3v) is 4.17. The van der Waals surface area contributed by atoms with E-state index in [-0.39, 0.29) is 6.04 Å². The number of nitrogens with one attached hydrogen (secondary N) is 1.